The van der Waals surface area contributed by atoms with Crippen molar-refractivity contribution in [1.29, 1.82) is 0 Å². The minimum Gasteiger partial charge on any atom is -0.497 e. The maximum absolute atomic E-state index is 12.4. The van der Waals surface area contributed by atoms with Gasteiger partial charge in [-0.3, -0.25) is 14.6 Å². The Morgan fingerprint density at radius 2 is 1.85 bits per heavy atom. The van der Waals surface area contributed by atoms with Crippen LogP contribution in [0.2, 0.25) is 0 Å². The number of hydrogen-bond acceptors (Lipinski definition) is 4. The SMILES string of the molecule is COc1ccc2cc(C(=O)NCCCCCCCC(=O)O)c(C)nc2c1. The van der Waals surface area contributed by atoms with Crippen LogP contribution >= 0.6 is 0 Å². The second kappa shape index (κ2) is 9.75. The Balaban J connectivity index is 1.82. The number of hydrogen-bond donors (Lipinski definition) is 2. The van der Waals surface area contributed by atoms with Gasteiger partial charge in [0.1, 0.15) is 5.75 Å². The Hall–Kier alpha value is -2.63. The molecule has 1 heterocycles. The third-order valence-electron chi connectivity index (χ3n) is 4.31. The third kappa shape index (κ3) is 5.72. The molecule has 0 saturated carbocycles. The Labute approximate surface area is 153 Å². The molecular formula is C20H26N2O4. The molecule has 6 heteroatoms. The number of fused-ring (bicyclic) bond motifs is 1. The normalized spacial score (nSPS) is 10.7. The summed E-state index contributed by atoms with van der Waals surface area (Å²) >= 11 is 0. The monoisotopic (exact) mass is 358 g/mol. The first-order valence-electron chi connectivity index (χ1n) is 8.96. The number of nitrogens with one attached hydrogen (secondary N) is 1. The average molecular weight is 358 g/mol. The van der Waals surface area contributed by atoms with Gasteiger partial charge in [-0.15, -0.1) is 0 Å². The number of pyridine rings is 1. The summed E-state index contributed by atoms with van der Waals surface area (Å²) in [4.78, 5) is 27.3. The van der Waals surface area contributed by atoms with Crippen LogP contribution in [-0.2, 0) is 4.79 Å². The van der Waals surface area contributed by atoms with E-state index in [4.69, 9.17) is 9.84 Å². The predicted molar refractivity (Wildman–Crippen MR) is 101 cm³/mol. The number of aliphatic carboxylic acids is 1. The number of ether oxygens (including phenoxy) is 1. The van der Waals surface area contributed by atoms with E-state index in [0.717, 1.165) is 42.3 Å². The molecule has 2 N–H and O–H groups in total. The van der Waals surface area contributed by atoms with Gasteiger partial charge in [0, 0.05) is 24.4 Å². The molecule has 1 amide bonds. The zero-order valence-electron chi connectivity index (χ0n) is 15.4. The number of carboxylic acid groups (broad SMARTS) is 1. The number of rotatable bonds is 10. The van der Waals surface area contributed by atoms with Crippen molar-refractivity contribution in [2.75, 3.05) is 13.7 Å². The maximum Gasteiger partial charge on any atom is 0.303 e. The molecule has 0 atom stereocenters. The van der Waals surface area contributed by atoms with Crippen LogP contribution in [-0.4, -0.2) is 35.6 Å². The molecule has 0 aliphatic rings. The summed E-state index contributed by atoms with van der Waals surface area (Å²) in [5.41, 5.74) is 2.08. The lowest BCUT2D eigenvalue weighted by molar-refractivity contribution is -0.137. The molecular weight excluding hydrogens is 332 g/mol. The van der Waals surface area contributed by atoms with Crippen molar-refractivity contribution in [2.45, 2.75) is 45.4 Å². The fourth-order valence-corrected chi connectivity index (χ4v) is 2.83. The van der Waals surface area contributed by atoms with Crippen LogP contribution in [0.5, 0.6) is 5.75 Å². The maximum atomic E-state index is 12.4. The fourth-order valence-electron chi connectivity index (χ4n) is 2.83. The van der Waals surface area contributed by atoms with E-state index in [1.807, 2.05) is 31.2 Å². The highest BCUT2D eigenvalue weighted by molar-refractivity contribution is 5.98. The number of carboxylic acids is 1. The summed E-state index contributed by atoms with van der Waals surface area (Å²) in [6.45, 7) is 2.44. The van der Waals surface area contributed by atoms with Gasteiger partial charge >= 0.3 is 5.97 Å². The smallest absolute Gasteiger partial charge is 0.303 e. The van der Waals surface area contributed by atoms with Crippen LogP contribution in [0.3, 0.4) is 0 Å². The summed E-state index contributed by atoms with van der Waals surface area (Å²) in [6, 6.07) is 7.46. The van der Waals surface area contributed by atoms with Crippen molar-refractivity contribution in [1.82, 2.24) is 10.3 Å². The lowest BCUT2D eigenvalue weighted by atomic mass is 10.1. The van der Waals surface area contributed by atoms with Gasteiger partial charge in [0.2, 0.25) is 0 Å². The number of carbonyl (C=O) groups excluding carboxylic acids is 1. The van der Waals surface area contributed by atoms with E-state index in [-0.39, 0.29) is 12.3 Å². The average Bonchev–Trinajstić information content (AvgIpc) is 2.62. The largest absolute Gasteiger partial charge is 0.497 e. The van der Waals surface area contributed by atoms with Crippen LogP contribution in [0, 0.1) is 6.92 Å². The van der Waals surface area contributed by atoms with Gasteiger partial charge < -0.3 is 15.2 Å². The Bertz CT molecular complexity index is 774. The fraction of sp³-hybridized carbons (Fsp3) is 0.450. The van der Waals surface area contributed by atoms with Gasteiger partial charge in [-0.25, -0.2) is 0 Å². The van der Waals surface area contributed by atoms with E-state index >= 15 is 0 Å². The predicted octanol–water partition coefficient (Wildman–Crippen LogP) is 3.71. The molecule has 0 saturated heterocycles. The summed E-state index contributed by atoms with van der Waals surface area (Å²) in [6.07, 6.45) is 4.72. The molecule has 140 valence electrons. The molecule has 0 aliphatic carbocycles. The van der Waals surface area contributed by atoms with Crippen molar-refractivity contribution < 1.29 is 19.4 Å². The highest BCUT2D eigenvalue weighted by atomic mass is 16.5. The summed E-state index contributed by atoms with van der Waals surface area (Å²) in [7, 11) is 1.61. The summed E-state index contributed by atoms with van der Waals surface area (Å²) < 4.78 is 5.20. The Morgan fingerprint density at radius 3 is 2.58 bits per heavy atom. The van der Waals surface area contributed by atoms with Gasteiger partial charge in [-0.05, 0) is 38.0 Å². The van der Waals surface area contributed by atoms with E-state index in [1.54, 1.807) is 7.11 Å². The molecule has 0 fully saturated rings. The van der Waals surface area contributed by atoms with E-state index in [9.17, 15) is 9.59 Å². The van der Waals surface area contributed by atoms with Crippen LogP contribution in [0.15, 0.2) is 24.3 Å². The molecule has 6 nitrogen and oxygen atoms in total. The van der Waals surface area contributed by atoms with E-state index in [1.165, 1.54) is 0 Å². The van der Waals surface area contributed by atoms with Gasteiger partial charge in [0.15, 0.2) is 0 Å². The highest BCUT2D eigenvalue weighted by Crippen LogP contribution is 2.21. The molecule has 0 aliphatic heterocycles. The van der Waals surface area contributed by atoms with Crippen molar-refractivity contribution in [2.24, 2.45) is 0 Å². The molecule has 0 radical (unpaired) electrons. The van der Waals surface area contributed by atoms with E-state index < -0.39 is 5.97 Å². The number of unbranched alkanes of at least 4 members (excludes halogenated alkanes) is 4. The molecule has 1 aromatic carbocycles. The first-order valence-corrected chi connectivity index (χ1v) is 8.96. The minimum absolute atomic E-state index is 0.112. The Kier molecular flexibility index (Phi) is 7.38. The summed E-state index contributed by atoms with van der Waals surface area (Å²) in [5, 5.41) is 12.4. The van der Waals surface area contributed by atoms with Gasteiger partial charge in [-0.2, -0.15) is 0 Å². The zero-order chi connectivity index (χ0) is 18.9. The molecule has 2 aromatic rings. The van der Waals surface area contributed by atoms with Crippen molar-refractivity contribution in [3.05, 3.63) is 35.5 Å². The highest BCUT2D eigenvalue weighted by Gasteiger charge is 2.11. The first-order chi connectivity index (χ1) is 12.5. The van der Waals surface area contributed by atoms with Gasteiger partial charge in [-0.1, -0.05) is 19.3 Å². The van der Waals surface area contributed by atoms with E-state index in [0.29, 0.717) is 24.2 Å². The summed E-state index contributed by atoms with van der Waals surface area (Å²) in [5.74, 6) is -0.112. The quantitative estimate of drug-likeness (QED) is 0.632. The Morgan fingerprint density at radius 1 is 1.12 bits per heavy atom. The molecule has 2 rings (SSSR count). The number of nitrogens with zero attached hydrogens (tertiary/aromatic N) is 1. The topological polar surface area (TPSA) is 88.5 Å². The van der Waals surface area contributed by atoms with Crippen molar-refractivity contribution in [3.63, 3.8) is 0 Å². The molecule has 0 unspecified atom stereocenters. The number of amides is 1. The minimum atomic E-state index is -0.741. The second-order valence-corrected chi connectivity index (χ2v) is 6.35. The van der Waals surface area contributed by atoms with Crippen molar-refractivity contribution in [3.8, 4) is 5.75 Å². The van der Waals surface area contributed by atoms with Gasteiger partial charge in [0.05, 0.1) is 23.9 Å². The molecule has 26 heavy (non-hydrogen) atoms. The van der Waals surface area contributed by atoms with Crippen LogP contribution < -0.4 is 10.1 Å². The lowest BCUT2D eigenvalue weighted by Crippen LogP contribution is -2.25. The van der Waals surface area contributed by atoms with E-state index in [2.05, 4.69) is 10.3 Å². The number of benzene rings is 1. The number of aryl methyl sites for hydroxylation is 1. The number of aromatic nitrogens is 1. The van der Waals surface area contributed by atoms with Gasteiger partial charge in [0.25, 0.3) is 5.91 Å². The van der Waals surface area contributed by atoms with Crippen LogP contribution in [0.1, 0.15) is 54.6 Å². The zero-order valence-corrected chi connectivity index (χ0v) is 15.4. The molecule has 0 spiro atoms. The van der Waals surface area contributed by atoms with Crippen LogP contribution in [0.25, 0.3) is 10.9 Å². The number of methoxy groups -OCH3 is 1. The lowest BCUT2D eigenvalue weighted by Gasteiger charge is -2.09. The molecule has 1 aromatic heterocycles. The van der Waals surface area contributed by atoms with Crippen molar-refractivity contribution >= 4 is 22.8 Å². The standard InChI is InChI=1S/C20H26N2O4/c1-14-17(12-15-9-10-16(26-2)13-18(15)22-14)20(25)21-11-7-5-3-4-6-8-19(23)24/h9-10,12-13H,3-8,11H2,1-2H3,(H,21,25)(H,23,24). The second-order valence-electron chi connectivity index (χ2n) is 6.35. The third-order valence-corrected chi connectivity index (χ3v) is 4.31. The first kappa shape index (κ1) is 19.7. The van der Waals surface area contributed by atoms with Crippen LogP contribution in [0.4, 0.5) is 0 Å². The molecule has 0 bridgehead atoms. The number of carbonyl (C=O) groups is 2.